The van der Waals surface area contributed by atoms with E-state index in [0.29, 0.717) is 0 Å². The molecule has 0 fully saturated rings. The summed E-state index contributed by atoms with van der Waals surface area (Å²) in [4.78, 5) is 0. The van der Waals surface area contributed by atoms with Crippen LogP contribution in [0.3, 0.4) is 0 Å². The van der Waals surface area contributed by atoms with Crippen molar-refractivity contribution in [3.8, 4) is 28.7 Å². The highest BCUT2D eigenvalue weighted by molar-refractivity contribution is 5.63. The molecule has 5 nitrogen and oxygen atoms in total. The fourth-order valence-corrected chi connectivity index (χ4v) is 3.79. The highest BCUT2D eigenvalue weighted by Crippen LogP contribution is 2.56. The Labute approximate surface area is 145 Å². The van der Waals surface area contributed by atoms with Crippen LogP contribution in [0.1, 0.15) is 35.6 Å². The van der Waals surface area contributed by atoms with E-state index in [4.69, 9.17) is 23.7 Å². The van der Waals surface area contributed by atoms with Crippen LogP contribution in [0.2, 0.25) is 0 Å². The number of hydrogen-bond acceptors (Lipinski definition) is 5. The van der Waals surface area contributed by atoms with Crippen molar-refractivity contribution < 1.29 is 23.7 Å². The Morgan fingerprint density at radius 3 is 2.68 bits per heavy atom. The Morgan fingerprint density at radius 2 is 1.80 bits per heavy atom. The van der Waals surface area contributed by atoms with Crippen molar-refractivity contribution >= 4 is 0 Å². The Balaban J connectivity index is 1.59. The van der Waals surface area contributed by atoms with Gasteiger partial charge in [-0.1, -0.05) is 19.1 Å². The molecule has 0 saturated heterocycles. The van der Waals surface area contributed by atoms with Crippen molar-refractivity contribution in [2.45, 2.75) is 25.4 Å². The van der Waals surface area contributed by atoms with Crippen LogP contribution < -0.4 is 23.7 Å². The van der Waals surface area contributed by atoms with Crippen LogP contribution in [0.15, 0.2) is 36.9 Å². The van der Waals surface area contributed by atoms with E-state index < -0.39 is 0 Å². The van der Waals surface area contributed by atoms with E-state index in [-0.39, 0.29) is 25.6 Å². The monoisotopic (exact) mass is 338 g/mol. The first-order valence-corrected chi connectivity index (χ1v) is 8.38. The molecule has 2 aromatic carbocycles. The van der Waals surface area contributed by atoms with Gasteiger partial charge in [-0.15, -0.1) is 6.58 Å². The summed E-state index contributed by atoms with van der Waals surface area (Å²) in [6.45, 7) is 6.52. The zero-order valence-corrected chi connectivity index (χ0v) is 13.9. The summed E-state index contributed by atoms with van der Waals surface area (Å²) < 4.78 is 28.7. The van der Waals surface area contributed by atoms with Crippen LogP contribution in [0.5, 0.6) is 28.7 Å². The van der Waals surface area contributed by atoms with Gasteiger partial charge in [0.25, 0.3) is 0 Å². The van der Waals surface area contributed by atoms with Crippen LogP contribution in [-0.4, -0.2) is 13.6 Å². The maximum absolute atomic E-state index is 6.39. The molecule has 0 aromatic heterocycles. The molecule has 5 rings (SSSR count). The predicted octanol–water partition coefficient (Wildman–Crippen LogP) is 4.11. The first-order valence-electron chi connectivity index (χ1n) is 8.38. The second kappa shape index (κ2) is 5.34. The highest BCUT2D eigenvalue weighted by atomic mass is 16.7. The molecule has 3 aliphatic rings. The highest BCUT2D eigenvalue weighted by Gasteiger charge is 2.40. The molecule has 3 heterocycles. The quantitative estimate of drug-likeness (QED) is 0.788. The van der Waals surface area contributed by atoms with Gasteiger partial charge in [0.2, 0.25) is 13.6 Å². The average Bonchev–Trinajstić information content (AvgIpc) is 3.32. The summed E-state index contributed by atoms with van der Waals surface area (Å²) in [7, 11) is 0. The van der Waals surface area contributed by atoms with Gasteiger partial charge in [0.05, 0.1) is 0 Å². The van der Waals surface area contributed by atoms with Crippen molar-refractivity contribution in [1.29, 1.82) is 0 Å². The summed E-state index contributed by atoms with van der Waals surface area (Å²) in [5, 5.41) is 0. The third-order valence-electron chi connectivity index (χ3n) is 4.97. The number of hydrogen-bond donors (Lipinski definition) is 0. The van der Waals surface area contributed by atoms with Crippen LogP contribution in [0, 0.1) is 0 Å². The Hall–Kier alpha value is -2.82. The second-order valence-corrected chi connectivity index (χ2v) is 6.44. The van der Waals surface area contributed by atoms with E-state index >= 15 is 0 Å². The van der Waals surface area contributed by atoms with Gasteiger partial charge < -0.3 is 23.7 Å². The second-order valence-electron chi connectivity index (χ2n) is 6.44. The van der Waals surface area contributed by atoms with E-state index in [9.17, 15) is 0 Å². The minimum Gasteiger partial charge on any atom is -0.484 e. The minimum atomic E-state index is -0.108. The van der Waals surface area contributed by atoms with Crippen molar-refractivity contribution in [3.63, 3.8) is 0 Å². The molecular formula is C20H18O5. The first kappa shape index (κ1) is 14.5. The smallest absolute Gasteiger partial charge is 0.231 e. The predicted molar refractivity (Wildman–Crippen MR) is 90.8 cm³/mol. The van der Waals surface area contributed by atoms with E-state index in [1.807, 2.05) is 30.3 Å². The molecule has 0 amide bonds. The summed E-state index contributed by atoms with van der Waals surface area (Å²) in [6.07, 6.45) is 2.49. The largest absolute Gasteiger partial charge is 0.484 e. The number of benzene rings is 2. The molecule has 0 aliphatic carbocycles. The molecule has 0 N–H and O–H groups in total. The standard InChI is InChI=1S/C20H18O5/c1-3-4-12-8-16-20(24-10-23-16)17-11(2)18(25-19(12)17)13-5-6-14-15(7-13)22-9-21-14/h3,5-8,11,18H,1,4,9-10H2,2H3/t11-,18-/m1/s1. The molecule has 0 bridgehead atoms. The molecule has 0 spiro atoms. The van der Waals surface area contributed by atoms with E-state index in [2.05, 4.69) is 13.5 Å². The molecule has 5 heteroatoms. The lowest BCUT2D eigenvalue weighted by molar-refractivity contribution is 0.172. The Bertz CT molecular complexity index is 873. The van der Waals surface area contributed by atoms with Gasteiger partial charge in [0.15, 0.2) is 23.0 Å². The fraction of sp³-hybridized carbons (Fsp3) is 0.300. The summed E-state index contributed by atoms with van der Waals surface area (Å²) in [6, 6.07) is 7.97. The lowest BCUT2D eigenvalue weighted by Gasteiger charge is -2.16. The Morgan fingerprint density at radius 1 is 1.00 bits per heavy atom. The molecule has 0 saturated carbocycles. The van der Waals surface area contributed by atoms with Crippen LogP contribution in [0.25, 0.3) is 0 Å². The van der Waals surface area contributed by atoms with Crippen molar-refractivity contribution in [2.24, 2.45) is 0 Å². The maximum atomic E-state index is 6.39. The number of rotatable bonds is 3. The van der Waals surface area contributed by atoms with Gasteiger partial charge in [-0.05, 0) is 30.2 Å². The Kier molecular flexibility index (Phi) is 3.10. The van der Waals surface area contributed by atoms with Crippen molar-refractivity contribution in [2.75, 3.05) is 13.6 Å². The fourth-order valence-electron chi connectivity index (χ4n) is 3.79. The molecule has 2 aromatic rings. The number of fused-ring (bicyclic) bond motifs is 4. The zero-order chi connectivity index (χ0) is 17.0. The third kappa shape index (κ3) is 2.08. The third-order valence-corrected chi connectivity index (χ3v) is 4.97. The van der Waals surface area contributed by atoms with Crippen molar-refractivity contribution in [1.82, 2.24) is 0 Å². The topological polar surface area (TPSA) is 46.2 Å². The first-order chi connectivity index (χ1) is 12.3. The summed E-state index contributed by atoms with van der Waals surface area (Å²) >= 11 is 0. The van der Waals surface area contributed by atoms with Crippen LogP contribution in [-0.2, 0) is 6.42 Å². The molecule has 2 atom stereocenters. The molecule has 0 radical (unpaired) electrons. The van der Waals surface area contributed by atoms with Gasteiger partial charge in [0.1, 0.15) is 11.9 Å². The van der Waals surface area contributed by atoms with Crippen molar-refractivity contribution in [3.05, 3.63) is 53.6 Å². The number of allylic oxidation sites excluding steroid dienone is 1. The van der Waals surface area contributed by atoms with Gasteiger partial charge in [-0.2, -0.15) is 0 Å². The average molecular weight is 338 g/mol. The molecule has 3 aliphatic heterocycles. The van der Waals surface area contributed by atoms with Gasteiger partial charge in [-0.25, -0.2) is 0 Å². The van der Waals surface area contributed by atoms with Gasteiger partial charge in [0, 0.05) is 17.0 Å². The van der Waals surface area contributed by atoms with Gasteiger partial charge in [-0.3, -0.25) is 0 Å². The molecule has 25 heavy (non-hydrogen) atoms. The van der Waals surface area contributed by atoms with Gasteiger partial charge >= 0.3 is 0 Å². The normalized spacial score (nSPS) is 21.8. The number of ether oxygens (including phenoxy) is 5. The zero-order valence-electron chi connectivity index (χ0n) is 13.9. The lowest BCUT2D eigenvalue weighted by Crippen LogP contribution is -2.07. The summed E-state index contributed by atoms with van der Waals surface area (Å²) in [5.74, 6) is 4.16. The van der Waals surface area contributed by atoms with E-state index in [1.54, 1.807) is 0 Å². The van der Waals surface area contributed by atoms with Crippen LogP contribution >= 0.6 is 0 Å². The molecule has 0 unspecified atom stereocenters. The van der Waals surface area contributed by atoms with E-state index in [1.165, 1.54) is 0 Å². The molecular weight excluding hydrogens is 320 g/mol. The SMILES string of the molecule is C=CCc1cc2c(c3c1O[C@@H](c1ccc4c(c1)OCO4)[C@@H]3C)OCO2. The molecule has 128 valence electrons. The maximum Gasteiger partial charge on any atom is 0.231 e. The summed E-state index contributed by atoms with van der Waals surface area (Å²) in [5.41, 5.74) is 3.21. The van der Waals surface area contributed by atoms with E-state index in [0.717, 1.165) is 51.9 Å². The lowest BCUT2D eigenvalue weighted by atomic mass is 9.90. The minimum absolute atomic E-state index is 0.108. The van der Waals surface area contributed by atoms with Crippen LogP contribution in [0.4, 0.5) is 0 Å².